The van der Waals surface area contributed by atoms with Crippen molar-refractivity contribution in [3.8, 4) is 0 Å². The molecule has 4 nitrogen and oxygen atoms in total. The molecular formula is C16H21N3O. The van der Waals surface area contributed by atoms with Gasteiger partial charge in [0.25, 0.3) is 5.91 Å². The summed E-state index contributed by atoms with van der Waals surface area (Å²) in [6, 6.07) is 8.27. The molecule has 4 heteroatoms. The maximum absolute atomic E-state index is 12.7. The van der Waals surface area contributed by atoms with Crippen LogP contribution in [0.1, 0.15) is 30.1 Å². The predicted molar refractivity (Wildman–Crippen MR) is 80.9 cm³/mol. The Morgan fingerprint density at radius 1 is 1.30 bits per heavy atom. The number of nitrogens with zero attached hydrogens (tertiary/aromatic N) is 1. The lowest BCUT2D eigenvalue weighted by molar-refractivity contribution is 0.0656. The fourth-order valence-electron chi connectivity index (χ4n) is 3.04. The summed E-state index contributed by atoms with van der Waals surface area (Å²) in [4.78, 5) is 17.9. The van der Waals surface area contributed by atoms with E-state index in [2.05, 4.69) is 17.2 Å². The topological polar surface area (TPSA) is 48.1 Å². The number of carbonyl (C=O) groups is 1. The van der Waals surface area contributed by atoms with Gasteiger partial charge >= 0.3 is 0 Å². The average Bonchev–Trinajstić information content (AvgIpc) is 2.96. The minimum Gasteiger partial charge on any atom is -0.361 e. The second-order valence-electron chi connectivity index (χ2n) is 5.35. The highest BCUT2D eigenvalue weighted by Crippen LogP contribution is 2.19. The number of hydrogen-bond acceptors (Lipinski definition) is 2. The van der Waals surface area contributed by atoms with Gasteiger partial charge in [0.1, 0.15) is 0 Å². The highest BCUT2D eigenvalue weighted by Gasteiger charge is 2.24. The molecule has 0 radical (unpaired) electrons. The monoisotopic (exact) mass is 271 g/mol. The Morgan fingerprint density at radius 2 is 2.10 bits per heavy atom. The van der Waals surface area contributed by atoms with Crippen LogP contribution in [-0.4, -0.2) is 41.5 Å². The summed E-state index contributed by atoms with van der Waals surface area (Å²) in [5.74, 6) is 0.155. The van der Waals surface area contributed by atoms with E-state index in [0.29, 0.717) is 6.04 Å². The summed E-state index contributed by atoms with van der Waals surface area (Å²) >= 11 is 0. The Bertz CT molecular complexity index is 599. The first-order valence-corrected chi connectivity index (χ1v) is 7.38. The summed E-state index contributed by atoms with van der Waals surface area (Å²) < 4.78 is 0. The SMILES string of the molecule is CCN(C(=O)c1ccc2[nH]ccc2c1)C1CCNCC1. The lowest BCUT2D eigenvalue weighted by Crippen LogP contribution is -2.46. The van der Waals surface area contributed by atoms with E-state index in [9.17, 15) is 4.79 Å². The highest BCUT2D eigenvalue weighted by molar-refractivity contribution is 5.98. The second-order valence-corrected chi connectivity index (χ2v) is 5.35. The van der Waals surface area contributed by atoms with Crippen LogP contribution in [0.4, 0.5) is 0 Å². The van der Waals surface area contributed by atoms with Gasteiger partial charge in [0, 0.05) is 35.2 Å². The molecule has 0 aliphatic carbocycles. The van der Waals surface area contributed by atoms with Gasteiger partial charge in [-0.25, -0.2) is 0 Å². The van der Waals surface area contributed by atoms with Gasteiger partial charge in [-0.15, -0.1) is 0 Å². The molecule has 0 saturated carbocycles. The van der Waals surface area contributed by atoms with E-state index in [1.54, 1.807) is 0 Å². The minimum atomic E-state index is 0.155. The van der Waals surface area contributed by atoms with Gasteiger partial charge in [0.05, 0.1) is 0 Å². The number of benzene rings is 1. The normalized spacial score (nSPS) is 16.4. The van der Waals surface area contributed by atoms with Crippen molar-refractivity contribution in [1.29, 1.82) is 0 Å². The van der Waals surface area contributed by atoms with Crippen molar-refractivity contribution >= 4 is 16.8 Å². The molecule has 2 heterocycles. The molecule has 0 unspecified atom stereocenters. The van der Waals surface area contributed by atoms with Crippen LogP contribution in [0.5, 0.6) is 0 Å². The largest absolute Gasteiger partial charge is 0.361 e. The lowest BCUT2D eigenvalue weighted by Gasteiger charge is -2.34. The third-order valence-corrected chi connectivity index (χ3v) is 4.15. The first-order chi connectivity index (χ1) is 9.79. The van der Waals surface area contributed by atoms with E-state index in [1.165, 1.54) is 0 Å². The number of fused-ring (bicyclic) bond motifs is 1. The summed E-state index contributed by atoms with van der Waals surface area (Å²) in [6.45, 7) is 4.85. The van der Waals surface area contributed by atoms with Crippen molar-refractivity contribution in [2.75, 3.05) is 19.6 Å². The minimum absolute atomic E-state index is 0.155. The Morgan fingerprint density at radius 3 is 2.85 bits per heavy atom. The van der Waals surface area contributed by atoms with Crippen LogP contribution in [0.2, 0.25) is 0 Å². The van der Waals surface area contributed by atoms with Gasteiger partial charge in [0.15, 0.2) is 0 Å². The van der Waals surface area contributed by atoms with Crippen LogP contribution in [0.25, 0.3) is 10.9 Å². The third kappa shape index (κ3) is 2.43. The number of aromatic nitrogens is 1. The molecule has 1 aliphatic rings. The third-order valence-electron chi connectivity index (χ3n) is 4.15. The van der Waals surface area contributed by atoms with Crippen molar-refractivity contribution in [1.82, 2.24) is 15.2 Å². The van der Waals surface area contributed by atoms with Gasteiger partial charge in [-0.2, -0.15) is 0 Å². The van der Waals surface area contributed by atoms with Crippen molar-refractivity contribution in [2.24, 2.45) is 0 Å². The number of piperidine rings is 1. The molecule has 0 spiro atoms. The van der Waals surface area contributed by atoms with Crippen molar-refractivity contribution in [3.63, 3.8) is 0 Å². The fourth-order valence-corrected chi connectivity index (χ4v) is 3.04. The van der Waals surface area contributed by atoms with Gasteiger partial charge in [-0.3, -0.25) is 4.79 Å². The van der Waals surface area contributed by atoms with Gasteiger partial charge in [-0.1, -0.05) is 0 Å². The van der Waals surface area contributed by atoms with E-state index in [-0.39, 0.29) is 5.91 Å². The smallest absolute Gasteiger partial charge is 0.254 e. The summed E-state index contributed by atoms with van der Waals surface area (Å²) in [5, 5.41) is 4.45. The zero-order valence-electron chi connectivity index (χ0n) is 11.9. The number of carbonyl (C=O) groups excluding carboxylic acids is 1. The molecule has 1 fully saturated rings. The average molecular weight is 271 g/mol. The molecular weight excluding hydrogens is 250 g/mol. The van der Waals surface area contributed by atoms with Crippen molar-refractivity contribution < 1.29 is 4.79 Å². The maximum atomic E-state index is 12.7. The van der Waals surface area contributed by atoms with E-state index in [1.807, 2.05) is 35.4 Å². The van der Waals surface area contributed by atoms with Crippen LogP contribution in [0, 0.1) is 0 Å². The van der Waals surface area contributed by atoms with Gasteiger partial charge < -0.3 is 15.2 Å². The van der Waals surface area contributed by atoms with Crippen LogP contribution in [-0.2, 0) is 0 Å². The molecule has 20 heavy (non-hydrogen) atoms. The Kier molecular flexibility index (Phi) is 3.74. The van der Waals surface area contributed by atoms with E-state index >= 15 is 0 Å². The molecule has 1 aromatic heterocycles. The summed E-state index contributed by atoms with van der Waals surface area (Å²) in [7, 11) is 0. The number of rotatable bonds is 3. The Labute approximate surface area is 119 Å². The first kappa shape index (κ1) is 13.2. The molecule has 1 aromatic carbocycles. The molecule has 106 valence electrons. The Hall–Kier alpha value is -1.81. The molecule has 3 rings (SSSR count). The number of amides is 1. The first-order valence-electron chi connectivity index (χ1n) is 7.38. The zero-order valence-corrected chi connectivity index (χ0v) is 11.9. The zero-order chi connectivity index (χ0) is 13.9. The van der Waals surface area contributed by atoms with Crippen molar-refractivity contribution in [2.45, 2.75) is 25.8 Å². The summed E-state index contributed by atoms with van der Waals surface area (Å²) in [6.07, 6.45) is 4.00. The standard InChI is InChI=1S/C16H21N3O/c1-2-19(14-6-8-17-9-7-14)16(20)13-3-4-15-12(11-13)5-10-18-15/h3-5,10-11,14,17-18H,2,6-9H2,1H3. The van der Waals surface area contributed by atoms with Crippen LogP contribution < -0.4 is 5.32 Å². The molecule has 2 N–H and O–H groups in total. The molecule has 0 atom stereocenters. The Balaban J connectivity index is 1.84. The number of H-pyrrole nitrogens is 1. The quantitative estimate of drug-likeness (QED) is 0.900. The highest BCUT2D eigenvalue weighted by atomic mass is 16.2. The second kappa shape index (κ2) is 5.67. The van der Waals surface area contributed by atoms with Crippen LogP contribution in [0.15, 0.2) is 30.5 Å². The molecule has 2 aromatic rings. The molecule has 1 saturated heterocycles. The maximum Gasteiger partial charge on any atom is 0.254 e. The van der Waals surface area contributed by atoms with Gasteiger partial charge in [-0.05, 0) is 57.1 Å². The molecule has 1 aliphatic heterocycles. The number of aromatic amines is 1. The predicted octanol–water partition coefficient (Wildman–Crippen LogP) is 2.38. The van der Waals surface area contributed by atoms with E-state index < -0.39 is 0 Å². The lowest BCUT2D eigenvalue weighted by atomic mass is 10.0. The summed E-state index contributed by atoms with van der Waals surface area (Å²) in [5.41, 5.74) is 1.86. The number of hydrogen-bond donors (Lipinski definition) is 2. The van der Waals surface area contributed by atoms with E-state index in [0.717, 1.165) is 48.9 Å². The van der Waals surface area contributed by atoms with Crippen LogP contribution in [0.3, 0.4) is 0 Å². The fraction of sp³-hybridized carbons (Fsp3) is 0.438. The van der Waals surface area contributed by atoms with Crippen molar-refractivity contribution in [3.05, 3.63) is 36.0 Å². The van der Waals surface area contributed by atoms with E-state index in [4.69, 9.17) is 0 Å². The molecule has 0 bridgehead atoms. The van der Waals surface area contributed by atoms with Crippen LogP contribution >= 0.6 is 0 Å². The molecule has 1 amide bonds. The number of nitrogens with one attached hydrogen (secondary N) is 2. The van der Waals surface area contributed by atoms with Gasteiger partial charge in [0.2, 0.25) is 0 Å².